The molecule has 2 fully saturated rings. The number of hydrogen-bond acceptors (Lipinski definition) is 2. The van der Waals surface area contributed by atoms with E-state index in [9.17, 15) is 4.79 Å². The van der Waals surface area contributed by atoms with E-state index in [4.69, 9.17) is 9.84 Å². The van der Waals surface area contributed by atoms with E-state index in [0.717, 1.165) is 24.7 Å². The zero-order chi connectivity index (χ0) is 18.0. The summed E-state index contributed by atoms with van der Waals surface area (Å²) in [6, 6.07) is 0. The van der Waals surface area contributed by atoms with Crippen molar-refractivity contribution in [3.63, 3.8) is 0 Å². The second-order valence-corrected chi connectivity index (χ2v) is 7.82. The molecule has 1 aliphatic carbocycles. The predicted molar refractivity (Wildman–Crippen MR) is 103 cm³/mol. The summed E-state index contributed by atoms with van der Waals surface area (Å²) in [5, 5.41) is 9.06. The standard InChI is InChI=1S/C22H36O3/c1-2-3-4-5-6-9-13-19-15-12-16-20(19)14-10-7-8-11-17-22(18-25-22)21(23)24/h7,9-10,13,19-20H,2-6,8,11-12,14-18H2,1H3,(H,23,24)/t19-,20-,22?/m0/s1. The normalized spacial score (nSPS) is 29.0. The molecule has 0 aromatic heterocycles. The molecule has 0 bridgehead atoms. The van der Waals surface area contributed by atoms with Gasteiger partial charge >= 0.3 is 5.97 Å². The third kappa shape index (κ3) is 6.97. The number of ether oxygens (including phenoxy) is 1. The van der Waals surface area contributed by atoms with Crippen molar-refractivity contribution in [2.75, 3.05) is 6.61 Å². The van der Waals surface area contributed by atoms with Crippen LogP contribution in [0.2, 0.25) is 0 Å². The van der Waals surface area contributed by atoms with Crippen molar-refractivity contribution in [2.24, 2.45) is 11.8 Å². The van der Waals surface area contributed by atoms with Gasteiger partial charge in [0.25, 0.3) is 0 Å². The zero-order valence-corrected chi connectivity index (χ0v) is 15.9. The Kier molecular flexibility index (Phi) is 8.74. The lowest BCUT2D eigenvalue weighted by molar-refractivity contribution is -0.143. The van der Waals surface area contributed by atoms with Crippen molar-refractivity contribution in [3.05, 3.63) is 24.3 Å². The molecule has 142 valence electrons. The fourth-order valence-corrected chi connectivity index (χ4v) is 3.93. The average Bonchev–Trinajstić information content (AvgIpc) is 3.27. The molecule has 3 heteroatoms. The molecule has 0 aromatic carbocycles. The Morgan fingerprint density at radius 1 is 1.12 bits per heavy atom. The molecule has 0 amide bonds. The number of carboxylic acid groups (broad SMARTS) is 1. The van der Waals surface area contributed by atoms with E-state index in [-0.39, 0.29) is 0 Å². The summed E-state index contributed by atoms with van der Waals surface area (Å²) < 4.78 is 5.10. The molecule has 1 aliphatic heterocycles. The summed E-state index contributed by atoms with van der Waals surface area (Å²) in [5.74, 6) is 0.776. The Hall–Kier alpha value is -1.09. The van der Waals surface area contributed by atoms with Crippen LogP contribution in [-0.4, -0.2) is 23.3 Å². The fourth-order valence-electron chi connectivity index (χ4n) is 3.93. The molecule has 1 saturated heterocycles. The topological polar surface area (TPSA) is 49.8 Å². The molecule has 1 unspecified atom stereocenters. The molecule has 0 radical (unpaired) electrons. The van der Waals surface area contributed by atoms with Gasteiger partial charge in [-0.1, -0.05) is 56.9 Å². The summed E-state index contributed by atoms with van der Waals surface area (Å²) in [4.78, 5) is 11.0. The maximum atomic E-state index is 11.0. The molecule has 3 nitrogen and oxygen atoms in total. The molecule has 2 aliphatic rings. The van der Waals surface area contributed by atoms with Crippen LogP contribution in [0.1, 0.15) is 84.0 Å². The Labute approximate surface area is 153 Å². The minimum absolute atomic E-state index is 0.389. The second-order valence-electron chi connectivity index (χ2n) is 7.82. The lowest BCUT2D eigenvalue weighted by Crippen LogP contribution is -2.23. The van der Waals surface area contributed by atoms with Gasteiger partial charge in [-0.25, -0.2) is 4.79 Å². The van der Waals surface area contributed by atoms with E-state index in [0.29, 0.717) is 13.0 Å². The molecular formula is C22H36O3. The van der Waals surface area contributed by atoms with Crippen LogP contribution in [0.3, 0.4) is 0 Å². The number of carbonyl (C=O) groups is 1. The summed E-state index contributed by atoms with van der Waals surface area (Å²) in [6.07, 6.45) is 23.8. The molecule has 25 heavy (non-hydrogen) atoms. The largest absolute Gasteiger partial charge is 0.479 e. The minimum Gasteiger partial charge on any atom is -0.479 e. The van der Waals surface area contributed by atoms with Crippen LogP contribution in [0.25, 0.3) is 0 Å². The highest BCUT2D eigenvalue weighted by Crippen LogP contribution is 2.36. The highest BCUT2D eigenvalue weighted by Gasteiger charge is 2.51. The molecule has 0 aromatic rings. The van der Waals surface area contributed by atoms with Gasteiger partial charge in [-0.15, -0.1) is 0 Å². The van der Waals surface area contributed by atoms with E-state index in [1.54, 1.807) is 0 Å². The number of rotatable bonds is 13. The summed E-state index contributed by atoms with van der Waals surface area (Å²) >= 11 is 0. The molecule has 1 saturated carbocycles. The highest BCUT2D eigenvalue weighted by atomic mass is 16.6. The van der Waals surface area contributed by atoms with Gasteiger partial charge < -0.3 is 9.84 Å². The van der Waals surface area contributed by atoms with Gasteiger partial charge in [-0.2, -0.15) is 0 Å². The second kappa shape index (κ2) is 10.8. The minimum atomic E-state index is -0.841. The van der Waals surface area contributed by atoms with Gasteiger partial charge in [0, 0.05) is 0 Å². The first-order valence-corrected chi connectivity index (χ1v) is 10.4. The fraction of sp³-hybridized carbons (Fsp3) is 0.773. The van der Waals surface area contributed by atoms with E-state index in [2.05, 4.69) is 31.2 Å². The van der Waals surface area contributed by atoms with Gasteiger partial charge in [0.15, 0.2) is 5.60 Å². The van der Waals surface area contributed by atoms with Crippen molar-refractivity contribution in [1.29, 1.82) is 0 Å². The van der Waals surface area contributed by atoms with Gasteiger partial charge in [-0.3, -0.25) is 0 Å². The van der Waals surface area contributed by atoms with Crippen molar-refractivity contribution < 1.29 is 14.6 Å². The average molecular weight is 349 g/mol. The van der Waals surface area contributed by atoms with E-state index in [1.165, 1.54) is 57.8 Å². The Morgan fingerprint density at radius 2 is 1.92 bits per heavy atom. The van der Waals surface area contributed by atoms with Crippen molar-refractivity contribution >= 4 is 5.97 Å². The first-order chi connectivity index (χ1) is 12.2. The molecule has 0 spiro atoms. The Bertz CT molecular complexity index is 448. The molecule has 2 rings (SSSR count). The smallest absolute Gasteiger partial charge is 0.338 e. The first-order valence-electron chi connectivity index (χ1n) is 10.4. The van der Waals surface area contributed by atoms with Gasteiger partial charge in [-0.05, 0) is 63.2 Å². The monoisotopic (exact) mass is 348 g/mol. The first kappa shape index (κ1) is 20.2. The molecular weight excluding hydrogens is 312 g/mol. The number of epoxide rings is 1. The van der Waals surface area contributed by atoms with Gasteiger partial charge in [0.2, 0.25) is 0 Å². The highest BCUT2D eigenvalue weighted by molar-refractivity contribution is 5.80. The van der Waals surface area contributed by atoms with E-state index in [1.807, 2.05) is 0 Å². The third-order valence-electron chi connectivity index (χ3n) is 5.76. The van der Waals surface area contributed by atoms with Crippen LogP contribution >= 0.6 is 0 Å². The van der Waals surface area contributed by atoms with E-state index >= 15 is 0 Å². The molecule has 1 heterocycles. The van der Waals surface area contributed by atoms with Gasteiger partial charge in [0.05, 0.1) is 6.61 Å². The van der Waals surface area contributed by atoms with Crippen LogP contribution in [0.4, 0.5) is 0 Å². The Morgan fingerprint density at radius 3 is 2.64 bits per heavy atom. The van der Waals surface area contributed by atoms with Crippen molar-refractivity contribution in [3.8, 4) is 0 Å². The number of aliphatic carboxylic acids is 1. The third-order valence-corrected chi connectivity index (χ3v) is 5.76. The molecule has 1 N–H and O–H groups in total. The number of unbranched alkanes of at least 4 members (excludes halogenated alkanes) is 5. The predicted octanol–water partition coefficient (Wildman–Crippen LogP) is 5.90. The van der Waals surface area contributed by atoms with E-state index < -0.39 is 11.6 Å². The van der Waals surface area contributed by atoms with Crippen LogP contribution in [0, 0.1) is 11.8 Å². The summed E-state index contributed by atoms with van der Waals surface area (Å²) in [5.41, 5.74) is -0.841. The van der Waals surface area contributed by atoms with Crippen LogP contribution in [-0.2, 0) is 9.53 Å². The number of allylic oxidation sites excluding steroid dienone is 4. The lowest BCUT2D eigenvalue weighted by Gasteiger charge is -2.14. The molecule has 3 atom stereocenters. The van der Waals surface area contributed by atoms with Gasteiger partial charge in [0.1, 0.15) is 0 Å². The summed E-state index contributed by atoms with van der Waals surface area (Å²) in [7, 11) is 0. The van der Waals surface area contributed by atoms with Crippen LogP contribution in [0.15, 0.2) is 24.3 Å². The SMILES string of the molecule is CCCCCCC=C[C@H]1CCC[C@@H]1CC=CCCCC1(C(=O)O)CO1. The maximum Gasteiger partial charge on any atom is 0.338 e. The Balaban J connectivity index is 1.57. The van der Waals surface area contributed by atoms with Crippen LogP contribution < -0.4 is 0 Å². The number of carboxylic acids is 1. The maximum absolute atomic E-state index is 11.0. The zero-order valence-electron chi connectivity index (χ0n) is 15.9. The summed E-state index contributed by atoms with van der Waals surface area (Å²) in [6.45, 7) is 2.65. The lowest BCUT2D eigenvalue weighted by atomic mass is 9.92. The van der Waals surface area contributed by atoms with Crippen molar-refractivity contribution in [2.45, 2.75) is 89.6 Å². The van der Waals surface area contributed by atoms with Crippen molar-refractivity contribution in [1.82, 2.24) is 0 Å². The quantitative estimate of drug-likeness (QED) is 0.256. The number of hydrogen-bond donors (Lipinski definition) is 1. The van der Waals surface area contributed by atoms with Crippen LogP contribution in [0.5, 0.6) is 0 Å².